The van der Waals surface area contributed by atoms with Gasteiger partial charge in [0.2, 0.25) is 0 Å². The second-order valence-corrected chi connectivity index (χ2v) is 6.04. The van der Waals surface area contributed by atoms with Crippen LogP contribution in [0.5, 0.6) is 0 Å². The van der Waals surface area contributed by atoms with Crippen LogP contribution in [-0.4, -0.2) is 28.9 Å². The second kappa shape index (κ2) is 4.08. The molecule has 1 aromatic heterocycles. The molecule has 2 atom stereocenters. The lowest BCUT2D eigenvalue weighted by Gasteiger charge is -2.23. The molecule has 0 spiro atoms. The summed E-state index contributed by atoms with van der Waals surface area (Å²) in [7, 11) is 0. The van der Waals surface area contributed by atoms with E-state index in [-0.39, 0.29) is 5.91 Å². The predicted octanol–water partition coefficient (Wildman–Crippen LogP) is 1.50. The Labute approximate surface area is 113 Å². The number of hydrogen-bond acceptors (Lipinski definition) is 3. The van der Waals surface area contributed by atoms with Gasteiger partial charge in [-0.15, -0.1) is 0 Å². The number of nitrogens with zero attached hydrogens (tertiary/aromatic N) is 2. The van der Waals surface area contributed by atoms with Crippen LogP contribution in [0.25, 0.3) is 5.57 Å². The van der Waals surface area contributed by atoms with Gasteiger partial charge in [-0.05, 0) is 29.4 Å². The van der Waals surface area contributed by atoms with E-state index in [0.29, 0.717) is 28.5 Å². The van der Waals surface area contributed by atoms with Crippen molar-refractivity contribution in [3.63, 3.8) is 0 Å². The summed E-state index contributed by atoms with van der Waals surface area (Å²) in [5.74, 6) is 1.31. The first-order chi connectivity index (χ1) is 9.05. The van der Waals surface area contributed by atoms with Gasteiger partial charge < -0.3 is 10.6 Å². The third-order valence-electron chi connectivity index (χ3n) is 4.75. The van der Waals surface area contributed by atoms with E-state index >= 15 is 0 Å². The van der Waals surface area contributed by atoms with Gasteiger partial charge in [-0.1, -0.05) is 19.9 Å². The van der Waals surface area contributed by atoms with Crippen LogP contribution in [0.3, 0.4) is 0 Å². The van der Waals surface area contributed by atoms with Crippen LogP contribution in [0.15, 0.2) is 30.6 Å². The Morgan fingerprint density at radius 3 is 2.63 bits per heavy atom. The summed E-state index contributed by atoms with van der Waals surface area (Å²) in [4.78, 5) is 18.6. The predicted molar refractivity (Wildman–Crippen MR) is 73.7 cm³/mol. The Kier molecular flexibility index (Phi) is 2.62. The van der Waals surface area contributed by atoms with Crippen molar-refractivity contribution in [1.82, 2.24) is 9.88 Å². The van der Waals surface area contributed by atoms with E-state index < -0.39 is 0 Å². The number of fused-ring (bicyclic) bond motifs is 1. The standard InChI is InChI=1S/C15H19N3O/c1-15(2)11-8-18(9-12(11)15)14(19)10(7-16)13-5-3-4-6-17-13/h3-7,11-12H,8-9,16H2,1-2H3/b10-7+. The summed E-state index contributed by atoms with van der Waals surface area (Å²) < 4.78 is 0. The third kappa shape index (κ3) is 1.82. The van der Waals surface area contributed by atoms with E-state index in [4.69, 9.17) is 5.73 Å². The second-order valence-electron chi connectivity index (χ2n) is 6.04. The quantitative estimate of drug-likeness (QED) is 0.817. The van der Waals surface area contributed by atoms with Crippen LogP contribution in [0, 0.1) is 17.3 Å². The lowest BCUT2D eigenvalue weighted by Crippen LogP contribution is -2.33. The highest BCUT2D eigenvalue weighted by atomic mass is 16.2. The Hall–Kier alpha value is -1.84. The summed E-state index contributed by atoms with van der Waals surface area (Å²) in [5.41, 5.74) is 7.18. The molecule has 2 unspecified atom stereocenters. The molecule has 2 aliphatic rings. The van der Waals surface area contributed by atoms with Crippen LogP contribution in [-0.2, 0) is 4.79 Å². The van der Waals surface area contributed by atoms with E-state index in [0.717, 1.165) is 13.1 Å². The van der Waals surface area contributed by atoms with Crippen LogP contribution in [0.4, 0.5) is 0 Å². The number of hydrogen-bond donors (Lipinski definition) is 1. The lowest BCUT2D eigenvalue weighted by atomic mass is 10.1. The molecule has 4 heteroatoms. The van der Waals surface area contributed by atoms with Gasteiger partial charge in [0.25, 0.3) is 5.91 Å². The molecule has 1 aliphatic heterocycles. The zero-order chi connectivity index (χ0) is 13.6. The summed E-state index contributed by atoms with van der Waals surface area (Å²) in [6.45, 7) is 6.26. The lowest BCUT2D eigenvalue weighted by molar-refractivity contribution is -0.124. The maximum Gasteiger partial charge on any atom is 0.257 e. The molecule has 2 fully saturated rings. The van der Waals surface area contributed by atoms with Crippen molar-refractivity contribution in [3.05, 3.63) is 36.3 Å². The fourth-order valence-electron chi connectivity index (χ4n) is 3.26. The van der Waals surface area contributed by atoms with Gasteiger partial charge in [-0.3, -0.25) is 9.78 Å². The fraction of sp³-hybridized carbons (Fsp3) is 0.467. The van der Waals surface area contributed by atoms with Gasteiger partial charge in [0.15, 0.2) is 0 Å². The zero-order valence-electron chi connectivity index (χ0n) is 11.3. The third-order valence-corrected chi connectivity index (χ3v) is 4.75. The van der Waals surface area contributed by atoms with E-state index in [2.05, 4.69) is 18.8 Å². The van der Waals surface area contributed by atoms with Crippen molar-refractivity contribution in [3.8, 4) is 0 Å². The molecular weight excluding hydrogens is 238 g/mol. The van der Waals surface area contributed by atoms with Crippen molar-refractivity contribution < 1.29 is 4.79 Å². The fourth-order valence-corrected chi connectivity index (χ4v) is 3.26. The summed E-state index contributed by atoms with van der Waals surface area (Å²) >= 11 is 0. The SMILES string of the molecule is CC1(C)C2CN(C(=O)/C(=C/N)c3ccccn3)CC21. The number of aromatic nitrogens is 1. The summed E-state index contributed by atoms with van der Waals surface area (Å²) in [6.07, 6.45) is 3.05. The topological polar surface area (TPSA) is 59.2 Å². The highest BCUT2D eigenvalue weighted by Crippen LogP contribution is 2.62. The van der Waals surface area contributed by atoms with Gasteiger partial charge in [-0.25, -0.2) is 0 Å². The van der Waals surface area contributed by atoms with Gasteiger partial charge in [-0.2, -0.15) is 0 Å². The van der Waals surface area contributed by atoms with Crippen molar-refractivity contribution in [2.75, 3.05) is 13.1 Å². The van der Waals surface area contributed by atoms with E-state index in [1.54, 1.807) is 6.20 Å². The van der Waals surface area contributed by atoms with Crippen molar-refractivity contribution in [1.29, 1.82) is 0 Å². The number of rotatable bonds is 2. The van der Waals surface area contributed by atoms with Gasteiger partial charge >= 0.3 is 0 Å². The molecule has 1 aliphatic carbocycles. The largest absolute Gasteiger partial charge is 0.404 e. The van der Waals surface area contributed by atoms with E-state index in [1.165, 1.54) is 6.20 Å². The minimum Gasteiger partial charge on any atom is -0.404 e. The Morgan fingerprint density at radius 1 is 1.42 bits per heavy atom. The highest BCUT2D eigenvalue weighted by molar-refractivity contribution is 6.18. The highest BCUT2D eigenvalue weighted by Gasteiger charge is 2.62. The Bertz CT molecular complexity index is 522. The number of pyridine rings is 1. The van der Waals surface area contributed by atoms with Gasteiger partial charge in [0, 0.05) is 25.5 Å². The van der Waals surface area contributed by atoms with Gasteiger partial charge in [0.1, 0.15) is 0 Å². The van der Waals surface area contributed by atoms with Crippen molar-refractivity contribution in [2.24, 2.45) is 23.0 Å². The molecule has 0 aromatic carbocycles. The molecule has 0 bridgehead atoms. The molecule has 0 radical (unpaired) electrons. The normalized spacial score (nSPS) is 28.1. The molecule has 1 saturated carbocycles. The molecule has 100 valence electrons. The number of likely N-dealkylation sites (tertiary alicyclic amines) is 1. The number of amides is 1. The number of piperidine rings is 1. The molecule has 3 rings (SSSR count). The number of nitrogens with two attached hydrogens (primary N) is 1. The van der Waals surface area contributed by atoms with Gasteiger partial charge in [0.05, 0.1) is 11.3 Å². The van der Waals surface area contributed by atoms with Crippen LogP contribution >= 0.6 is 0 Å². The van der Waals surface area contributed by atoms with Crippen molar-refractivity contribution in [2.45, 2.75) is 13.8 Å². The molecule has 19 heavy (non-hydrogen) atoms. The number of carbonyl (C=O) groups excluding carboxylic acids is 1. The Morgan fingerprint density at radius 2 is 2.11 bits per heavy atom. The van der Waals surface area contributed by atoms with Crippen LogP contribution < -0.4 is 5.73 Å². The minimum absolute atomic E-state index is 0.00389. The monoisotopic (exact) mass is 257 g/mol. The van der Waals surface area contributed by atoms with Crippen LogP contribution in [0.2, 0.25) is 0 Å². The molecular formula is C15H19N3O. The summed E-state index contributed by atoms with van der Waals surface area (Å²) in [6, 6.07) is 5.51. The molecule has 2 heterocycles. The molecule has 1 saturated heterocycles. The smallest absolute Gasteiger partial charge is 0.257 e. The zero-order valence-corrected chi connectivity index (χ0v) is 11.3. The maximum absolute atomic E-state index is 12.5. The minimum atomic E-state index is 0.00389. The van der Waals surface area contributed by atoms with E-state index in [1.807, 2.05) is 23.1 Å². The number of carbonyl (C=O) groups is 1. The molecule has 1 amide bonds. The first-order valence-electron chi connectivity index (χ1n) is 6.68. The average molecular weight is 257 g/mol. The first kappa shape index (κ1) is 12.2. The maximum atomic E-state index is 12.5. The van der Waals surface area contributed by atoms with Crippen molar-refractivity contribution >= 4 is 11.5 Å². The molecule has 4 nitrogen and oxygen atoms in total. The first-order valence-corrected chi connectivity index (χ1v) is 6.68. The van der Waals surface area contributed by atoms with E-state index in [9.17, 15) is 4.79 Å². The Balaban J connectivity index is 1.75. The molecule has 2 N–H and O–H groups in total. The average Bonchev–Trinajstić information content (AvgIpc) is 2.81. The molecule has 1 aromatic rings. The summed E-state index contributed by atoms with van der Waals surface area (Å²) in [5, 5.41) is 0. The van der Waals surface area contributed by atoms with Crippen LogP contribution in [0.1, 0.15) is 19.5 Å².